The third-order valence-corrected chi connectivity index (χ3v) is 4.81. The molecule has 0 aliphatic carbocycles. The van der Waals surface area contributed by atoms with Crippen LogP contribution in [0.15, 0.2) is 41.3 Å². The maximum Gasteiger partial charge on any atom is 0.416 e. The Hall–Kier alpha value is -1.95. The van der Waals surface area contributed by atoms with Crippen LogP contribution < -0.4 is 4.74 Å². The summed E-state index contributed by atoms with van der Waals surface area (Å²) in [5, 5.41) is 0. The van der Waals surface area contributed by atoms with Crippen LogP contribution in [0.1, 0.15) is 31.4 Å². The van der Waals surface area contributed by atoms with Gasteiger partial charge in [-0.2, -0.15) is 13.2 Å². The lowest BCUT2D eigenvalue weighted by Gasteiger charge is -2.19. The van der Waals surface area contributed by atoms with Gasteiger partial charge in [-0.15, -0.1) is 11.8 Å². The Morgan fingerprint density at radius 2 is 1.85 bits per heavy atom. The predicted octanol–water partition coefficient (Wildman–Crippen LogP) is 6.15. The summed E-state index contributed by atoms with van der Waals surface area (Å²) in [4.78, 5) is 12.1. The first-order valence-electron chi connectivity index (χ1n) is 8.37. The molecule has 0 bridgehead atoms. The minimum atomic E-state index is -4.45. The highest BCUT2D eigenvalue weighted by atomic mass is 32.2. The van der Waals surface area contributed by atoms with Crippen molar-refractivity contribution >= 4 is 18.0 Å². The maximum atomic E-state index is 13.2. The minimum Gasteiger partial charge on any atom is -0.482 e. The molecule has 2 aromatic carbocycles. The van der Waals surface area contributed by atoms with Crippen molar-refractivity contribution in [2.75, 3.05) is 5.75 Å². The van der Waals surface area contributed by atoms with E-state index in [1.807, 2.05) is 26.0 Å². The normalized spacial score (nSPS) is 12.7. The van der Waals surface area contributed by atoms with Crippen LogP contribution >= 0.6 is 11.8 Å². The van der Waals surface area contributed by atoms with Gasteiger partial charge in [0, 0.05) is 10.5 Å². The van der Waals surface area contributed by atoms with Crippen LogP contribution in [-0.2, 0) is 11.0 Å². The van der Waals surface area contributed by atoms with Gasteiger partial charge in [0.05, 0.1) is 5.56 Å². The molecule has 6 heteroatoms. The van der Waals surface area contributed by atoms with E-state index >= 15 is 0 Å². The van der Waals surface area contributed by atoms with E-state index in [1.165, 1.54) is 6.07 Å². The van der Waals surface area contributed by atoms with Gasteiger partial charge in [0.25, 0.3) is 0 Å². The summed E-state index contributed by atoms with van der Waals surface area (Å²) < 4.78 is 45.2. The molecule has 0 spiro atoms. The molecule has 0 fully saturated rings. The molecule has 140 valence electrons. The van der Waals surface area contributed by atoms with Gasteiger partial charge in [-0.1, -0.05) is 19.9 Å². The van der Waals surface area contributed by atoms with Crippen molar-refractivity contribution in [1.82, 2.24) is 0 Å². The third kappa shape index (κ3) is 4.81. The molecular weight excluding hydrogens is 361 g/mol. The highest BCUT2D eigenvalue weighted by molar-refractivity contribution is 7.99. The summed E-state index contributed by atoms with van der Waals surface area (Å²) in [6.45, 7) is 5.68. The van der Waals surface area contributed by atoms with Crippen molar-refractivity contribution in [3.8, 4) is 16.9 Å². The molecule has 2 nitrogen and oxygen atoms in total. The van der Waals surface area contributed by atoms with E-state index in [-0.39, 0.29) is 5.75 Å². The lowest BCUT2D eigenvalue weighted by Crippen LogP contribution is -2.17. The van der Waals surface area contributed by atoms with Crippen LogP contribution in [0.4, 0.5) is 13.2 Å². The fraction of sp³-hybridized carbons (Fsp3) is 0.350. The van der Waals surface area contributed by atoms with E-state index in [2.05, 4.69) is 0 Å². The molecule has 0 saturated carbocycles. The largest absolute Gasteiger partial charge is 0.482 e. The fourth-order valence-corrected chi connectivity index (χ4v) is 3.34. The van der Waals surface area contributed by atoms with Crippen LogP contribution in [0.25, 0.3) is 11.1 Å². The molecule has 1 unspecified atom stereocenters. The van der Waals surface area contributed by atoms with Crippen molar-refractivity contribution < 1.29 is 22.7 Å². The molecule has 0 aromatic heterocycles. The Morgan fingerprint density at radius 3 is 2.38 bits per heavy atom. The van der Waals surface area contributed by atoms with E-state index in [9.17, 15) is 18.0 Å². The minimum absolute atomic E-state index is 0.274. The number of hydrogen-bond donors (Lipinski definition) is 0. The number of carbonyl (C=O) groups is 1. The third-order valence-electron chi connectivity index (χ3n) is 3.94. The first kappa shape index (κ1) is 20.4. The average Bonchev–Trinajstić information content (AvgIpc) is 2.59. The monoisotopic (exact) mass is 382 g/mol. The van der Waals surface area contributed by atoms with Crippen molar-refractivity contribution in [3.63, 3.8) is 0 Å². The van der Waals surface area contributed by atoms with Gasteiger partial charge >= 0.3 is 6.18 Å². The number of aldehydes is 1. The number of hydrogen-bond acceptors (Lipinski definition) is 3. The van der Waals surface area contributed by atoms with E-state index < -0.39 is 17.8 Å². The number of thioether (sulfide) groups is 1. The zero-order chi connectivity index (χ0) is 19.3. The lowest BCUT2D eigenvalue weighted by atomic mass is 9.97. The van der Waals surface area contributed by atoms with Gasteiger partial charge in [-0.25, -0.2) is 0 Å². The second kappa shape index (κ2) is 8.62. The van der Waals surface area contributed by atoms with Gasteiger partial charge in [0.2, 0.25) is 0 Å². The smallest absolute Gasteiger partial charge is 0.416 e. The van der Waals surface area contributed by atoms with Crippen molar-refractivity contribution in [1.29, 1.82) is 0 Å². The first-order valence-corrected chi connectivity index (χ1v) is 9.35. The quantitative estimate of drug-likeness (QED) is 0.424. The zero-order valence-electron chi connectivity index (χ0n) is 14.9. The number of ether oxygens (including phenoxy) is 1. The Balaban J connectivity index is 2.57. The number of benzene rings is 2. The number of halogens is 3. The van der Waals surface area contributed by atoms with E-state index in [1.54, 1.807) is 24.8 Å². The molecule has 0 aliphatic rings. The van der Waals surface area contributed by atoms with Crippen molar-refractivity contribution in [2.24, 2.45) is 0 Å². The first-order chi connectivity index (χ1) is 12.3. The van der Waals surface area contributed by atoms with Crippen LogP contribution in [0.5, 0.6) is 5.75 Å². The Kier molecular flexibility index (Phi) is 6.75. The summed E-state index contributed by atoms with van der Waals surface area (Å²) >= 11 is 1.67. The molecule has 2 aromatic rings. The topological polar surface area (TPSA) is 26.3 Å². The molecule has 0 saturated heterocycles. The van der Waals surface area contributed by atoms with Gasteiger partial charge in [0.1, 0.15) is 5.75 Å². The molecule has 0 amide bonds. The van der Waals surface area contributed by atoms with E-state index in [0.29, 0.717) is 23.8 Å². The molecule has 0 heterocycles. The standard InChI is InChI=1S/C20H21F3O2S/c1-4-15(12-24)25-19-9-6-14(20(21,22)23)11-18(19)17-8-7-16(26-5-2)10-13(17)3/h6-12,15H,4-5H2,1-3H3. The number of alkyl halides is 3. The molecule has 2 rings (SSSR count). The summed E-state index contributed by atoms with van der Waals surface area (Å²) in [7, 11) is 0. The van der Waals surface area contributed by atoms with Gasteiger partial charge < -0.3 is 4.74 Å². The van der Waals surface area contributed by atoms with Crippen LogP contribution in [0.2, 0.25) is 0 Å². The lowest BCUT2D eigenvalue weighted by molar-refractivity contribution is -0.137. The number of rotatable bonds is 7. The molecule has 1 atom stereocenters. The Bertz CT molecular complexity index is 772. The average molecular weight is 382 g/mol. The fourth-order valence-electron chi connectivity index (χ4n) is 2.58. The SMILES string of the molecule is CCSc1ccc(-c2cc(C(F)(F)F)ccc2OC(C=O)CC)c(C)c1. The second-order valence-corrected chi connectivity index (χ2v) is 7.16. The van der Waals surface area contributed by atoms with Crippen molar-refractivity contribution in [2.45, 2.75) is 44.4 Å². The highest BCUT2D eigenvalue weighted by Crippen LogP contribution is 2.39. The highest BCUT2D eigenvalue weighted by Gasteiger charge is 2.31. The van der Waals surface area contributed by atoms with E-state index in [0.717, 1.165) is 28.3 Å². The number of carbonyl (C=O) groups excluding carboxylic acids is 1. The van der Waals surface area contributed by atoms with Crippen LogP contribution in [0, 0.1) is 6.92 Å². The van der Waals surface area contributed by atoms with Gasteiger partial charge in [-0.05, 0) is 60.6 Å². The number of aryl methyl sites for hydroxylation is 1. The Labute approximate surface area is 155 Å². The summed E-state index contributed by atoms with van der Waals surface area (Å²) in [5.41, 5.74) is 1.11. The molecular formula is C20H21F3O2S. The van der Waals surface area contributed by atoms with Crippen molar-refractivity contribution in [3.05, 3.63) is 47.5 Å². The zero-order valence-corrected chi connectivity index (χ0v) is 15.7. The van der Waals surface area contributed by atoms with Crippen LogP contribution in [0.3, 0.4) is 0 Å². The molecule has 0 aliphatic heterocycles. The van der Waals surface area contributed by atoms with Crippen LogP contribution in [-0.4, -0.2) is 18.1 Å². The predicted molar refractivity (Wildman–Crippen MR) is 98.8 cm³/mol. The summed E-state index contributed by atoms with van der Waals surface area (Å²) in [6.07, 6.45) is -4.04. The van der Waals surface area contributed by atoms with E-state index in [4.69, 9.17) is 4.74 Å². The Morgan fingerprint density at radius 1 is 1.12 bits per heavy atom. The molecule has 26 heavy (non-hydrogen) atoms. The molecule has 0 radical (unpaired) electrons. The van der Waals surface area contributed by atoms with Gasteiger partial charge in [-0.3, -0.25) is 4.79 Å². The summed E-state index contributed by atoms with van der Waals surface area (Å²) in [6, 6.07) is 8.99. The van der Waals surface area contributed by atoms with Gasteiger partial charge in [0.15, 0.2) is 12.4 Å². The molecule has 0 N–H and O–H groups in total. The maximum absolute atomic E-state index is 13.2. The summed E-state index contributed by atoms with van der Waals surface area (Å²) in [5.74, 6) is 1.18. The second-order valence-electron chi connectivity index (χ2n) is 5.82.